The van der Waals surface area contributed by atoms with E-state index in [9.17, 15) is 29.7 Å². The van der Waals surface area contributed by atoms with Crippen LogP contribution in [0, 0.1) is 11.8 Å². The summed E-state index contributed by atoms with van der Waals surface area (Å²) in [4.78, 5) is 40.4. The minimum Gasteiger partial charge on any atom is -0.462 e. The van der Waals surface area contributed by atoms with E-state index in [-0.39, 0.29) is 37.3 Å². The van der Waals surface area contributed by atoms with Gasteiger partial charge in [-0.1, -0.05) is 31.2 Å². The van der Waals surface area contributed by atoms with E-state index in [4.69, 9.17) is 42.6 Å². The van der Waals surface area contributed by atoms with E-state index in [1.807, 2.05) is 45.2 Å². The first-order valence-electron chi connectivity index (χ1n) is 21.8. The number of nitrogens with one attached hydrogen (secondary N) is 1. The number of hydrogen-bond donors (Lipinski definition) is 4. The molecule has 4 aliphatic heterocycles. The first-order chi connectivity index (χ1) is 28.8. The van der Waals surface area contributed by atoms with Crippen LogP contribution in [0.25, 0.3) is 0 Å². The molecule has 4 rings (SSSR count). The van der Waals surface area contributed by atoms with Crippen LogP contribution >= 0.6 is 0 Å². The molecule has 4 N–H and O–H groups in total. The Balaban J connectivity index is 1.73. The fraction of sp³-hybridized carbons (Fsp3) is 0.841. The van der Waals surface area contributed by atoms with Crippen molar-refractivity contribution >= 4 is 18.2 Å². The molecule has 61 heavy (non-hydrogen) atoms. The summed E-state index contributed by atoms with van der Waals surface area (Å²) in [6, 6.07) is -0.560. The van der Waals surface area contributed by atoms with Gasteiger partial charge in [-0.25, -0.2) is 0 Å². The van der Waals surface area contributed by atoms with Crippen molar-refractivity contribution in [2.24, 2.45) is 11.8 Å². The molecule has 3 fully saturated rings. The maximum atomic E-state index is 13.4. The molecule has 0 amide bonds. The van der Waals surface area contributed by atoms with Crippen LogP contribution in [0.15, 0.2) is 24.3 Å². The number of ether oxygens (including phenoxy) is 9. The highest BCUT2D eigenvalue weighted by molar-refractivity contribution is 5.72. The van der Waals surface area contributed by atoms with Gasteiger partial charge in [0.05, 0.1) is 48.6 Å². The predicted octanol–water partition coefficient (Wildman–Crippen LogP) is 2.55. The monoisotopic (exact) mass is 871 g/mol. The molecular weight excluding hydrogens is 796 g/mol. The van der Waals surface area contributed by atoms with Crippen LogP contribution in [0.2, 0.25) is 0 Å². The summed E-state index contributed by atoms with van der Waals surface area (Å²) in [5.41, 5.74) is -1.49. The number of hydrogen-bond acceptors (Lipinski definition) is 17. The molecule has 0 aliphatic carbocycles. The first kappa shape index (κ1) is 51.2. The Kier molecular flexibility index (Phi) is 19.8. The van der Waals surface area contributed by atoms with E-state index in [0.717, 1.165) is 12.7 Å². The van der Waals surface area contributed by atoms with Gasteiger partial charge in [0.2, 0.25) is 0 Å². The van der Waals surface area contributed by atoms with E-state index in [2.05, 4.69) is 5.32 Å². The Morgan fingerprint density at radius 2 is 1.67 bits per heavy atom. The smallest absolute Gasteiger partial charge is 0.309 e. The van der Waals surface area contributed by atoms with Gasteiger partial charge in [0.15, 0.2) is 18.9 Å². The van der Waals surface area contributed by atoms with E-state index in [0.29, 0.717) is 19.3 Å². The molecule has 0 saturated carbocycles. The highest BCUT2D eigenvalue weighted by atomic mass is 16.7. The molecular formula is C44H74N2O15. The average Bonchev–Trinajstić information content (AvgIpc) is 3.17. The van der Waals surface area contributed by atoms with Gasteiger partial charge in [-0.15, -0.1) is 0 Å². The summed E-state index contributed by atoms with van der Waals surface area (Å²) < 4.78 is 56.1. The van der Waals surface area contributed by atoms with Crippen molar-refractivity contribution in [1.82, 2.24) is 10.2 Å². The summed E-state index contributed by atoms with van der Waals surface area (Å²) >= 11 is 0. The average molecular weight is 871 g/mol. The lowest BCUT2D eigenvalue weighted by molar-refractivity contribution is -0.344. The van der Waals surface area contributed by atoms with Gasteiger partial charge >= 0.3 is 11.9 Å². The van der Waals surface area contributed by atoms with Crippen molar-refractivity contribution in [3.63, 3.8) is 0 Å². The normalized spacial score (nSPS) is 44.5. The zero-order valence-corrected chi connectivity index (χ0v) is 37.9. The Labute approximate surface area is 361 Å². The molecule has 0 aromatic carbocycles. The van der Waals surface area contributed by atoms with Crippen molar-refractivity contribution in [2.45, 2.75) is 197 Å². The number of aliphatic hydroxyl groups excluding tert-OH is 2. The minimum atomic E-state index is -1.49. The van der Waals surface area contributed by atoms with E-state index in [1.165, 1.54) is 21.0 Å². The SMILES string of the molecule is CN[C@H]1CC[C@@H](O[C@H]2/C=C/C=C/C[C@@H](C)OC(=O)CC(OC(C)=O)[C@H](OC)[C@@H](O[C@@H]3O[C@H](C)[C@@H](O[C@H]4C[C@@](C)(O)[C@@H](O)[C@H](C)O4)[C@H](N(C)C)[C@H]3O)[C@@H](CC=O)C[C@H]2C)O[C@@H]1C. The third kappa shape index (κ3) is 14.0. The van der Waals surface area contributed by atoms with Crippen LogP contribution in [-0.2, 0) is 57.0 Å². The third-order valence-corrected chi connectivity index (χ3v) is 12.4. The second kappa shape index (κ2) is 23.5. The van der Waals surface area contributed by atoms with Crippen LogP contribution < -0.4 is 5.32 Å². The van der Waals surface area contributed by atoms with Crippen LogP contribution in [0.4, 0.5) is 0 Å². The fourth-order valence-corrected chi connectivity index (χ4v) is 9.12. The lowest BCUT2D eigenvalue weighted by Gasteiger charge is -2.50. The maximum absolute atomic E-state index is 13.4. The van der Waals surface area contributed by atoms with Gasteiger partial charge in [0, 0.05) is 39.3 Å². The van der Waals surface area contributed by atoms with Crippen LogP contribution in [0.3, 0.4) is 0 Å². The Morgan fingerprint density at radius 1 is 0.967 bits per heavy atom. The molecule has 0 spiro atoms. The summed E-state index contributed by atoms with van der Waals surface area (Å²) in [6.45, 7) is 11.9. The highest BCUT2D eigenvalue weighted by Crippen LogP contribution is 2.37. The van der Waals surface area contributed by atoms with Gasteiger partial charge in [-0.3, -0.25) is 9.59 Å². The lowest BCUT2D eigenvalue weighted by Crippen LogP contribution is -2.65. The van der Waals surface area contributed by atoms with Gasteiger partial charge < -0.3 is 73.0 Å². The minimum absolute atomic E-state index is 0.0294. The Morgan fingerprint density at radius 3 is 2.28 bits per heavy atom. The van der Waals surface area contributed by atoms with Crippen molar-refractivity contribution in [2.75, 3.05) is 28.3 Å². The maximum Gasteiger partial charge on any atom is 0.309 e. The molecule has 350 valence electrons. The predicted molar refractivity (Wildman–Crippen MR) is 222 cm³/mol. The van der Waals surface area contributed by atoms with Crippen molar-refractivity contribution in [3.05, 3.63) is 24.3 Å². The highest BCUT2D eigenvalue weighted by Gasteiger charge is 2.52. The number of rotatable bonds is 12. The van der Waals surface area contributed by atoms with Crippen LogP contribution in [0.5, 0.6) is 0 Å². The topological polar surface area (TPSA) is 210 Å². The number of esters is 2. The zero-order chi connectivity index (χ0) is 45.2. The Bertz CT molecular complexity index is 1450. The number of aliphatic hydroxyl groups is 3. The quantitative estimate of drug-likeness (QED) is 0.164. The number of carbonyl (C=O) groups excluding carboxylic acids is 3. The van der Waals surface area contributed by atoms with Gasteiger partial charge in [-0.2, -0.15) is 0 Å². The van der Waals surface area contributed by atoms with Gasteiger partial charge in [0.25, 0.3) is 0 Å². The second-order valence-corrected chi connectivity index (χ2v) is 17.8. The van der Waals surface area contributed by atoms with Gasteiger partial charge in [0.1, 0.15) is 42.9 Å². The Hall–Kier alpha value is -2.39. The largest absolute Gasteiger partial charge is 0.462 e. The number of carbonyl (C=O) groups is 3. The van der Waals surface area contributed by atoms with E-state index >= 15 is 0 Å². The molecule has 4 heterocycles. The molecule has 0 aromatic heterocycles. The van der Waals surface area contributed by atoms with E-state index in [1.54, 1.807) is 39.8 Å². The van der Waals surface area contributed by atoms with Crippen molar-refractivity contribution in [1.29, 1.82) is 0 Å². The summed E-state index contributed by atoms with van der Waals surface area (Å²) in [5.74, 6) is -2.21. The molecule has 0 bridgehead atoms. The first-order valence-corrected chi connectivity index (χ1v) is 21.8. The fourth-order valence-electron chi connectivity index (χ4n) is 9.12. The molecule has 4 aliphatic rings. The number of methoxy groups -OCH3 is 1. The molecule has 17 nitrogen and oxygen atoms in total. The van der Waals surface area contributed by atoms with Crippen molar-refractivity contribution in [3.8, 4) is 0 Å². The number of cyclic esters (lactones) is 1. The second-order valence-electron chi connectivity index (χ2n) is 17.8. The van der Waals surface area contributed by atoms with Crippen LogP contribution in [0.1, 0.15) is 93.4 Å². The lowest BCUT2D eigenvalue weighted by atomic mass is 9.82. The standard InChI is InChI=1S/C44H74N2O15/c1-24-21-30(19-20-47)40(61-43-38(50)37(46(9)10)39(27(4)57-43)60-36-23-44(7,52)42(51)28(5)56-36)41(53-11)33(58-29(6)48)22-34(49)54-25(2)15-13-12-14-16-32(24)59-35-18-17-31(45-8)26(3)55-35/h12-14,16,20,24-28,30-33,35-43,45,50-52H,15,17-19,21-23H2,1-11H3/b13-12+,16-14+/t24-,25-,26-,27-,28+,30+,31+,32+,33?,35-,36+,37-,38-,39-,40+,41+,42+,43+,44-/m1/s1. The number of likely N-dealkylation sites (N-methyl/N-ethyl adjacent to an activating group) is 2. The molecule has 1 unspecified atom stereocenters. The van der Waals surface area contributed by atoms with Crippen molar-refractivity contribution < 1.29 is 72.3 Å². The van der Waals surface area contributed by atoms with Crippen LogP contribution in [-0.4, -0.2) is 170 Å². The zero-order valence-electron chi connectivity index (χ0n) is 37.9. The number of aldehydes is 1. The molecule has 0 radical (unpaired) electrons. The molecule has 17 heteroatoms. The summed E-state index contributed by atoms with van der Waals surface area (Å²) in [5, 5.41) is 36.9. The molecule has 19 atom stereocenters. The third-order valence-electron chi connectivity index (χ3n) is 12.4. The summed E-state index contributed by atoms with van der Waals surface area (Å²) in [7, 11) is 6.85. The molecule has 3 saturated heterocycles. The van der Waals surface area contributed by atoms with E-state index < -0.39 is 109 Å². The number of nitrogens with zero attached hydrogens (tertiary/aromatic N) is 1. The molecule has 0 aromatic rings. The number of allylic oxidation sites excluding steroid dienone is 2. The van der Waals surface area contributed by atoms with Gasteiger partial charge in [-0.05, 0) is 86.9 Å². The summed E-state index contributed by atoms with van der Waals surface area (Å²) in [6.07, 6.45) is -1.88.